The van der Waals surface area contributed by atoms with Crippen LogP contribution in [0.4, 0.5) is 13.2 Å². The Morgan fingerprint density at radius 2 is 1.76 bits per heavy atom. The number of benzene rings is 1. The first kappa shape index (κ1) is 15.6. The van der Waals surface area contributed by atoms with Crippen LogP contribution >= 0.6 is 0 Å². The number of hydrogen-bond donors (Lipinski definition) is 1. The van der Waals surface area contributed by atoms with Crippen LogP contribution in [0, 0.1) is 20.8 Å². The van der Waals surface area contributed by atoms with E-state index in [1.807, 2.05) is 32.9 Å². The molecule has 1 heterocycles. The number of aromatic nitrogens is 2. The lowest BCUT2D eigenvalue weighted by Crippen LogP contribution is -2.20. The predicted molar refractivity (Wildman–Crippen MR) is 74.8 cm³/mol. The molecule has 0 aliphatic carbocycles. The van der Waals surface area contributed by atoms with Gasteiger partial charge >= 0.3 is 6.18 Å². The maximum Gasteiger partial charge on any atom is 0.419 e. The Morgan fingerprint density at radius 3 is 2.24 bits per heavy atom. The van der Waals surface area contributed by atoms with Gasteiger partial charge in [-0.05, 0) is 37.5 Å². The molecule has 2 N–H and O–H groups in total. The summed E-state index contributed by atoms with van der Waals surface area (Å²) in [6, 6.07) is 3.64. The third kappa shape index (κ3) is 3.44. The SMILES string of the molecule is Cc1cc(C)c(C(N)Cn2cc(C(F)(F)F)cn2)c(C)c1. The summed E-state index contributed by atoms with van der Waals surface area (Å²) in [5, 5.41) is 3.74. The van der Waals surface area contributed by atoms with Gasteiger partial charge in [-0.25, -0.2) is 0 Å². The fourth-order valence-electron chi connectivity index (χ4n) is 2.68. The van der Waals surface area contributed by atoms with Crippen LogP contribution in [-0.4, -0.2) is 9.78 Å². The van der Waals surface area contributed by atoms with E-state index in [4.69, 9.17) is 5.73 Å². The Labute approximate surface area is 121 Å². The van der Waals surface area contributed by atoms with Crippen molar-refractivity contribution in [2.75, 3.05) is 0 Å². The molecular formula is C15H18F3N3. The Morgan fingerprint density at radius 1 is 1.19 bits per heavy atom. The molecule has 3 nitrogen and oxygen atoms in total. The van der Waals surface area contributed by atoms with Crippen LogP contribution in [-0.2, 0) is 12.7 Å². The first-order valence-electron chi connectivity index (χ1n) is 6.61. The molecule has 0 saturated carbocycles. The molecule has 1 unspecified atom stereocenters. The van der Waals surface area contributed by atoms with Crippen molar-refractivity contribution in [1.29, 1.82) is 0 Å². The van der Waals surface area contributed by atoms with Crippen molar-refractivity contribution >= 4 is 0 Å². The zero-order valence-electron chi connectivity index (χ0n) is 12.2. The van der Waals surface area contributed by atoms with Gasteiger partial charge in [0, 0.05) is 12.2 Å². The minimum Gasteiger partial charge on any atom is -0.322 e. The maximum absolute atomic E-state index is 12.5. The minimum absolute atomic E-state index is 0.209. The van der Waals surface area contributed by atoms with Gasteiger partial charge in [0.05, 0.1) is 18.3 Å². The van der Waals surface area contributed by atoms with Crippen LogP contribution in [0.5, 0.6) is 0 Å². The second-order valence-electron chi connectivity index (χ2n) is 5.37. The molecule has 6 heteroatoms. The average molecular weight is 297 g/mol. The van der Waals surface area contributed by atoms with Crippen molar-refractivity contribution in [3.8, 4) is 0 Å². The van der Waals surface area contributed by atoms with Crippen LogP contribution in [0.3, 0.4) is 0 Å². The molecule has 0 aliphatic rings. The molecular weight excluding hydrogens is 279 g/mol. The van der Waals surface area contributed by atoms with Gasteiger partial charge in [0.2, 0.25) is 0 Å². The van der Waals surface area contributed by atoms with E-state index in [1.165, 1.54) is 4.68 Å². The van der Waals surface area contributed by atoms with Gasteiger partial charge in [-0.1, -0.05) is 17.7 Å². The summed E-state index contributed by atoms with van der Waals surface area (Å²) in [4.78, 5) is 0. The van der Waals surface area contributed by atoms with Crippen LogP contribution in [0.2, 0.25) is 0 Å². The quantitative estimate of drug-likeness (QED) is 0.942. The summed E-state index contributed by atoms with van der Waals surface area (Å²) in [6.45, 7) is 6.12. The van der Waals surface area contributed by atoms with Crippen LogP contribution in [0.25, 0.3) is 0 Å². The van der Waals surface area contributed by atoms with Gasteiger partial charge in [0.1, 0.15) is 0 Å². The van der Waals surface area contributed by atoms with E-state index in [2.05, 4.69) is 5.10 Å². The molecule has 0 bridgehead atoms. The summed E-state index contributed by atoms with van der Waals surface area (Å²) < 4.78 is 38.9. The van der Waals surface area contributed by atoms with Gasteiger partial charge in [-0.15, -0.1) is 0 Å². The molecule has 0 amide bonds. The van der Waals surface area contributed by atoms with Crippen molar-refractivity contribution in [2.24, 2.45) is 5.73 Å². The van der Waals surface area contributed by atoms with Crippen molar-refractivity contribution in [1.82, 2.24) is 9.78 Å². The third-order valence-corrected chi connectivity index (χ3v) is 3.45. The summed E-state index contributed by atoms with van der Waals surface area (Å²) in [5.41, 5.74) is 9.59. The monoisotopic (exact) mass is 297 g/mol. The second kappa shape index (κ2) is 5.52. The van der Waals surface area contributed by atoms with Crippen molar-refractivity contribution in [3.05, 3.63) is 52.3 Å². The summed E-state index contributed by atoms with van der Waals surface area (Å²) in [7, 11) is 0. The normalized spacial score (nSPS) is 13.5. The van der Waals surface area contributed by atoms with Crippen LogP contribution in [0.15, 0.2) is 24.5 Å². The number of hydrogen-bond acceptors (Lipinski definition) is 2. The van der Waals surface area contributed by atoms with Gasteiger partial charge in [0.25, 0.3) is 0 Å². The van der Waals surface area contributed by atoms with Crippen molar-refractivity contribution in [2.45, 2.75) is 39.5 Å². The molecule has 0 aliphatic heterocycles. The van der Waals surface area contributed by atoms with Crippen molar-refractivity contribution < 1.29 is 13.2 Å². The Kier molecular flexibility index (Phi) is 4.09. The van der Waals surface area contributed by atoms with Gasteiger partial charge in [-0.2, -0.15) is 18.3 Å². The zero-order chi connectivity index (χ0) is 15.8. The van der Waals surface area contributed by atoms with Crippen LogP contribution < -0.4 is 5.73 Å². The molecule has 1 atom stereocenters. The zero-order valence-corrected chi connectivity index (χ0v) is 12.2. The lowest BCUT2D eigenvalue weighted by molar-refractivity contribution is -0.137. The molecule has 1 aromatic heterocycles. The van der Waals surface area contributed by atoms with E-state index in [0.29, 0.717) is 0 Å². The Balaban J connectivity index is 2.22. The second-order valence-corrected chi connectivity index (χ2v) is 5.37. The lowest BCUT2D eigenvalue weighted by atomic mass is 9.94. The third-order valence-electron chi connectivity index (χ3n) is 3.45. The summed E-state index contributed by atoms with van der Waals surface area (Å²) in [6.07, 6.45) is -2.57. The van der Waals surface area contributed by atoms with E-state index in [9.17, 15) is 13.2 Å². The smallest absolute Gasteiger partial charge is 0.322 e. The topological polar surface area (TPSA) is 43.8 Å². The number of halogens is 3. The van der Waals surface area contributed by atoms with E-state index in [0.717, 1.165) is 34.6 Å². The predicted octanol–water partition coefficient (Wildman–Crippen LogP) is 3.53. The van der Waals surface area contributed by atoms with Crippen molar-refractivity contribution in [3.63, 3.8) is 0 Å². The summed E-state index contributed by atoms with van der Waals surface area (Å²) >= 11 is 0. The maximum atomic E-state index is 12.5. The first-order chi connectivity index (χ1) is 9.68. The molecule has 0 radical (unpaired) electrons. The standard InChI is InChI=1S/C15H18F3N3/c1-9-4-10(2)14(11(3)5-9)13(19)8-21-7-12(6-20-21)15(16,17)18/h4-7,13H,8,19H2,1-3H3. The molecule has 114 valence electrons. The number of nitrogens with two attached hydrogens (primary N) is 1. The van der Waals surface area contributed by atoms with E-state index >= 15 is 0 Å². The highest BCUT2D eigenvalue weighted by Gasteiger charge is 2.32. The highest BCUT2D eigenvalue weighted by atomic mass is 19.4. The highest BCUT2D eigenvalue weighted by Crippen LogP contribution is 2.29. The molecule has 2 aromatic rings. The number of nitrogens with zero attached hydrogens (tertiary/aromatic N) is 2. The van der Waals surface area contributed by atoms with E-state index in [1.54, 1.807) is 0 Å². The lowest BCUT2D eigenvalue weighted by Gasteiger charge is -2.18. The number of aryl methyl sites for hydroxylation is 3. The summed E-state index contributed by atoms with van der Waals surface area (Å²) in [5.74, 6) is 0. The molecule has 21 heavy (non-hydrogen) atoms. The molecule has 2 rings (SSSR count). The molecule has 0 fully saturated rings. The minimum atomic E-state index is -4.38. The first-order valence-corrected chi connectivity index (χ1v) is 6.61. The molecule has 1 aromatic carbocycles. The number of rotatable bonds is 3. The fourth-order valence-corrected chi connectivity index (χ4v) is 2.68. The van der Waals surface area contributed by atoms with Gasteiger partial charge in [-0.3, -0.25) is 4.68 Å². The van der Waals surface area contributed by atoms with Gasteiger partial charge in [0.15, 0.2) is 0 Å². The van der Waals surface area contributed by atoms with Gasteiger partial charge < -0.3 is 5.73 Å². The van der Waals surface area contributed by atoms with E-state index in [-0.39, 0.29) is 6.54 Å². The molecule has 0 spiro atoms. The Bertz CT molecular complexity index is 621. The highest BCUT2D eigenvalue weighted by molar-refractivity contribution is 5.39. The molecule has 0 saturated heterocycles. The van der Waals surface area contributed by atoms with Crippen LogP contribution in [0.1, 0.15) is 33.9 Å². The largest absolute Gasteiger partial charge is 0.419 e. The fraction of sp³-hybridized carbons (Fsp3) is 0.400. The number of alkyl halides is 3. The average Bonchev–Trinajstić information content (AvgIpc) is 2.75. The van der Waals surface area contributed by atoms with E-state index < -0.39 is 17.8 Å². The Hall–Kier alpha value is -1.82.